The minimum atomic E-state index is -3.12. The summed E-state index contributed by atoms with van der Waals surface area (Å²) in [5.74, 6) is -2.07. The molecule has 0 fully saturated rings. The van der Waals surface area contributed by atoms with Crippen molar-refractivity contribution >= 4 is 11.5 Å². The summed E-state index contributed by atoms with van der Waals surface area (Å²) in [7, 11) is 3.19. The predicted molar refractivity (Wildman–Crippen MR) is 51.1 cm³/mol. The summed E-state index contributed by atoms with van der Waals surface area (Å²) in [4.78, 5) is 12.6. The highest BCUT2D eigenvalue weighted by atomic mass is 19.3. The Kier molecular flexibility index (Phi) is 3.34. The van der Waals surface area contributed by atoms with Crippen molar-refractivity contribution in [1.29, 1.82) is 0 Å². The molecule has 0 aliphatic heterocycles. The van der Waals surface area contributed by atoms with Gasteiger partial charge in [-0.05, 0) is 18.2 Å². The molecule has 82 valence electrons. The molecule has 0 aliphatic rings. The number of benzene rings is 1. The summed E-state index contributed by atoms with van der Waals surface area (Å²) in [6, 6.07) is 3.24. The molecule has 0 spiro atoms. The molecular formula is C10H10F3NO. The summed E-state index contributed by atoms with van der Waals surface area (Å²) in [6.07, 6.45) is -3.12. The summed E-state index contributed by atoms with van der Waals surface area (Å²) in [6.45, 7) is 0. The molecule has 0 amide bonds. The topological polar surface area (TPSA) is 20.3 Å². The van der Waals surface area contributed by atoms with E-state index in [-0.39, 0.29) is 11.3 Å². The van der Waals surface area contributed by atoms with Crippen molar-refractivity contribution in [2.24, 2.45) is 0 Å². The van der Waals surface area contributed by atoms with Crippen LogP contribution in [0.25, 0.3) is 0 Å². The molecule has 0 saturated heterocycles. The SMILES string of the molecule is CN(C)c1ccc(F)cc1C(=O)C(F)F. The van der Waals surface area contributed by atoms with Crippen LogP contribution in [-0.4, -0.2) is 26.3 Å². The third kappa shape index (κ3) is 2.49. The van der Waals surface area contributed by atoms with Crippen molar-refractivity contribution in [2.75, 3.05) is 19.0 Å². The Morgan fingerprint density at radius 2 is 1.93 bits per heavy atom. The lowest BCUT2D eigenvalue weighted by Gasteiger charge is -2.16. The molecule has 0 saturated carbocycles. The van der Waals surface area contributed by atoms with Gasteiger partial charge < -0.3 is 4.90 Å². The Balaban J connectivity index is 3.24. The van der Waals surface area contributed by atoms with Gasteiger partial charge in [0.05, 0.1) is 0 Å². The van der Waals surface area contributed by atoms with Crippen LogP contribution in [0.3, 0.4) is 0 Å². The largest absolute Gasteiger partial charge is 0.377 e. The first-order chi connectivity index (χ1) is 6.93. The Bertz CT molecular complexity index is 377. The van der Waals surface area contributed by atoms with Crippen LogP contribution in [-0.2, 0) is 0 Å². The standard InChI is InChI=1S/C10H10F3NO/c1-14(2)8-4-3-6(11)5-7(8)9(15)10(12)13/h3-5,10H,1-2H3. The van der Waals surface area contributed by atoms with Crippen molar-refractivity contribution in [3.63, 3.8) is 0 Å². The van der Waals surface area contributed by atoms with E-state index in [4.69, 9.17) is 0 Å². The fraction of sp³-hybridized carbons (Fsp3) is 0.300. The first-order valence-electron chi connectivity index (χ1n) is 4.22. The number of anilines is 1. The van der Waals surface area contributed by atoms with Gasteiger partial charge in [-0.3, -0.25) is 4.79 Å². The number of carbonyl (C=O) groups is 1. The molecule has 15 heavy (non-hydrogen) atoms. The fourth-order valence-electron chi connectivity index (χ4n) is 1.21. The molecule has 0 atom stereocenters. The zero-order chi connectivity index (χ0) is 11.6. The van der Waals surface area contributed by atoms with Crippen LogP contribution < -0.4 is 4.90 Å². The van der Waals surface area contributed by atoms with Crippen LogP contribution in [0, 0.1) is 5.82 Å². The highest BCUT2D eigenvalue weighted by Crippen LogP contribution is 2.22. The van der Waals surface area contributed by atoms with E-state index in [0.29, 0.717) is 0 Å². The number of rotatable bonds is 3. The number of nitrogens with zero attached hydrogens (tertiary/aromatic N) is 1. The first-order valence-corrected chi connectivity index (χ1v) is 4.22. The summed E-state index contributed by atoms with van der Waals surface area (Å²) in [5, 5.41) is 0. The summed E-state index contributed by atoms with van der Waals surface area (Å²) >= 11 is 0. The Morgan fingerprint density at radius 3 is 2.40 bits per heavy atom. The van der Waals surface area contributed by atoms with Gasteiger partial charge in [-0.15, -0.1) is 0 Å². The maximum absolute atomic E-state index is 12.8. The molecule has 0 N–H and O–H groups in total. The van der Waals surface area contributed by atoms with E-state index >= 15 is 0 Å². The van der Waals surface area contributed by atoms with Crippen molar-refractivity contribution < 1.29 is 18.0 Å². The van der Waals surface area contributed by atoms with Crippen LogP contribution in [0.4, 0.5) is 18.9 Å². The number of Topliss-reactive ketones (excluding diaryl/α,β-unsaturated/α-hetero) is 1. The molecule has 5 heteroatoms. The van der Waals surface area contributed by atoms with Crippen molar-refractivity contribution in [1.82, 2.24) is 0 Å². The monoisotopic (exact) mass is 217 g/mol. The molecule has 0 bridgehead atoms. The Labute approximate surface area is 85.3 Å². The first kappa shape index (κ1) is 11.6. The number of alkyl halides is 2. The van der Waals surface area contributed by atoms with E-state index in [2.05, 4.69) is 0 Å². The van der Waals surface area contributed by atoms with Crippen LogP contribution in [0.1, 0.15) is 10.4 Å². The van der Waals surface area contributed by atoms with E-state index in [1.165, 1.54) is 11.0 Å². The zero-order valence-corrected chi connectivity index (χ0v) is 8.30. The molecular weight excluding hydrogens is 207 g/mol. The van der Waals surface area contributed by atoms with E-state index in [1.54, 1.807) is 14.1 Å². The van der Waals surface area contributed by atoms with Gasteiger partial charge in [-0.1, -0.05) is 0 Å². The smallest absolute Gasteiger partial charge is 0.300 e. The lowest BCUT2D eigenvalue weighted by molar-refractivity contribution is 0.0679. The van der Waals surface area contributed by atoms with Gasteiger partial charge in [0.1, 0.15) is 5.82 Å². The van der Waals surface area contributed by atoms with Gasteiger partial charge >= 0.3 is 6.43 Å². The highest BCUT2D eigenvalue weighted by molar-refractivity contribution is 6.03. The number of ketones is 1. The molecule has 1 aromatic carbocycles. The third-order valence-corrected chi connectivity index (χ3v) is 1.90. The van der Waals surface area contributed by atoms with Crippen molar-refractivity contribution in [3.05, 3.63) is 29.6 Å². The molecule has 1 rings (SSSR count). The van der Waals surface area contributed by atoms with Crippen LogP contribution >= 0.6 is 0 Å². The lowest BCUT2D eigenvalue weighted by Crippen LogP contribution is -2.18. The van der Waals surface area contributed by atoms with Crippen molar-refractivity contribution in [3.8, 4) is 0 Å². The normalized spacial score (nSPS) is 10.5. The maximum atomic E-state index is 12.8. The fourth-order valence-corrected chi connectivity index (χ4v) is 1.21. The average molecular weight is 217 g/mol. The average Bonchev–Trinajstić information content (AvgIpc) is 2.15. The van der Waals surface area contributed by atoms with E-state index in [9.17, 15) is 18.0 Å². The lowest BCUT2D eigenvalue weighted by atomic mass is 10.1. The number of carbonyl (C=O) groups excluding carboxylic acids is 1. The van der Waals surface area contributed by atoms with E-state index < -0.39 is 18.0 Å². The zero-order valence-electron chi connectivity index (χ0n) is 8.30. The quantitative estimate of drug-likeness (QED) is 0.724. The molecule has 0 aromatic heterocycles. The minimum Gasteiger partial charge on any atom is -0.377 e. The van der Waals surface area contributed by atoms with E-state index in [0.717, 1.165) is 12.1 Å². The maximum Gasteiger partial charge on any atom is 0.300 e. The van der Waals surface area contributed by atoms with Gasteiger partial charge in [0.15, 0.2) is 0 Å². The highest BCUT2D eigenvalue weighted by Gasteiger charge is 2.22. The Morgan fingerprint density at radius 1 is 1.33 bits per heavy atom. The second-order valence-corrected chi connectivity index (χ2v) is 3.22. The number of hydrogen-bond donors (Lipinski definition) is 0. The third-order valence-electron chi connectivity index (χ3n) is 1.90. The molecule has 0 radical (unpaired) electrons. The number of halogens is 3. The molecule has 0 heterocycles. The van der Waals surface area contributed by atoms with Crippen LogP contribution in [0.5, 0.6) is 0 Å². The Hall–Kier alpha value is -1.52. The predicted octanol–water partition coefficient (Wildman–Crippen LogP) is 2.34. The van der Waals surface area contributed by atoms with Gasteiger partial charge in [0.25, 0.3) is 0 Å². The second-order valence-electron chi connectivity index (χ2n) is 3.22. The summed E-state index contributed by atoms with van der Waals surface area (Å²) in [5.41, 5.74) is -0.0169. The van der Waals surface area contributed by atoms with Gasteiger partial charge in [-0.2, -0.15) is 0 Å². The minimum absolute atomic E-state index is 0.279. The van der Waals surface area contributed by atoms with Crippen LogP contribution in [0.2, 0.25) is 0 Å². The molecule has 2 nitrogen and oxygen atoms in total. The van der Waals surface area contributed by atoms with Gasteiger partial charge in [-0.25, -0.2) is 13.2 Å². The molecule has 0 aliphatic carbocycles. The molecule has 0 unspecified atom stereocenters. The second kappa shape index (κ2) is 4.33. The van der Waals surface area contributed by atoms with Crippen molar-refractivity contribution in [2.45, 2.75) is 6.43 Å². The van der Waals surface area contributed by atoms with E-state index in [1.807, 2.05) is 0 Å². The van der Waals surface area contributed by atoms with Gasteiger partial charge in [0, 0.05) is 25.3 Å². The summed E-state index contributed by atoms with van der Waals surface area (Å²) < 4.78 is 37.2. The molecule has 1 aromatic rings. The van der Waals surface area contributed by atoms with Gasteiger partial charge in [0.2, 0.25) is 5.78 Å². The number of hydrogen-bond acceptors (Lipinski definition) is 2. The van der Waals surface area contributed by atoms with Crippen LogP contribution in [0.15, 0.2) is 18.2 Å².